The lowest BCUT2D eigenvalue weighted by Crippen LogP contribution is -2.10. The predicted octanol–water partition coefficient (Wildman–Crippen LogP) is 2.52. The lowest BCUT2D eigenvalue weighted by Gasteiger charge is -2.13. The minimum absolute atomic E-state index is 0.615. The number of imidazole rings is 1. The molecule has 1 N–H and O–H groups in total. The van der Waals surface area contributed by atoms with Crippen molar-refractivity contribution in [2.45, 2.75) is 13.0 Å². The van der Waals surface area contributed by atoms with Gasteiger partial charge in [-0.25, -0.2) is 4.98 Å². The first-order valence-corrected chi connectivity index (χ1v) is 7.02. The van der Waals surface area contributed by atoms with Gasteiger partial charge in [0.1, 0.15) is 11.6 Å². The maximum absolute atomic E-state index is 5.91. The third kappa shape index (κ3) is 3.58. The molecule has 0 amide bonds. The highest BCUT2D eigenvalue weighted by Crippen LogP contribution is 2.29. The Bertz CT molecular complexity index is 539. The third-order valence-electron chi connectivity index (χ3n) is 2.91. The number of halogens is 1. The second kappa shape index (κ2) is 6.73. The van der Waals surface area contributed by atoms with Crippen LogP contribution in [0.15, 0.2) is 35.1 Å². The minimum Gasteiger partial charge on any atom is -0.492 e. The summed E-state index contributed by atoms with van der Waals surface area (Å²) in [5.74, 6) is 1.94. The van der Waals surface area contributed by atoms with Gasteiger partial charge in [0.2, 0.25) is 0 Å². The first-order valence-electron chi connectivity index (χ1n) is 6.23. The van der Waals surface area contributed by atoms with Crippen LogP contribution >= 0.6 is 15.9 Å². The molecule has 0 unspecified atom stereocenters. The SMILES string of the molecule is CNCc1cccc(Br)c1OCCc1nccn1C. The van der Waals surface area contributed by atoms with Gasteiger partial charge in [-0.2, -0.15) is 0 Å². The first-order chi connectivity index (χ1) is 9.22. The number of hydrogen-bond donors (Lipinski definition) is 1. The minimum atomic E-state index is 0.615. The van der Waals surface area contributed by atoms with Crippen molar-refractivity contribution >= 4 is 15.9 Å². The summed E-state index contributed by atoms with van der Waals surface area (Å²) in [6.45, 7) is 1.40. The first kappa shape index (κ1) is 14.1. The van der Waals surface area contributed by atoms with Crippen LogP contribution in [0.2, 0.25) is 0 Å². The zero-order chi connectivity index (χ0) is 13.7. The topological polar surface area (TPSA) is 39.1 Å². The van der Waals surface area contributed by atoms with Crippen LogP contribution in [-0.2, 0) is 20.0 Å². The molecular weight excluding hydrogens is 306 g/mol. The van der Waals surface area contributed by atoms with E-state index in [0.717, 1.165) is 34.6 Å². The van der Waals surface area contributed by atoms with Gasteiger partial charge in [-0.05, 0) is 29.0 Å². The molecule has 0 bridgehead atoms. The smallest absolute Gasteiger partial charge is 0.137 e. The van der Waals surface area contributed by atoms with Crippen LogP contribution in [0.25, 0.3) is 0 Å². The fourth-order valence-corrected chi connectivity index (χ4v) is 2.45. The van der Waals surface area contributed by atoms with Crippen molar-refractivity contribution in [2.75, 3.05) is 13.7 Å². The Hall–Kier alpha value is -1.33. The van der Waals surface area contributed by atoms with Gasteiger partial charge in [0.15, 0.2) is 0 Å². The third-order valence-corrected chi connectivity index (χ3v) is 3.53. The number of nitrogens with one attached hydrogen (secondary N) is 1. The molecule has 19 heavy (non-hydrogen) atoms. The Morgan fingerprint density at radius 2 is 2.26 bits per heavy atom. The molecule has 1 heterocycles. The molecule has 2 rings (SSSR count). The lowest BCUT2D eigenvalue weighted by atomic mass is 10.2. The number of para-hydroxylation sites is 1. The summed E-state index contributed by atoms with van der Waals surface area (Å²) in [5, 5.41) is 3.15. The molecule has 4 nitrogen and oxygen atoms in total. The molecule has 0 saturated heterocycles. The summed E-state index contributed by atoms with van der Waals surface area (Å²) in [5.41, 5.74) is 1.15. The van der Waals surface area contributed by atoms with E-state index in [9.17, 15) is 0 Å². The average Bonchev–Trinajstić information content (AvgIpc) is 2.79. The molecule has 0 aliphatic rings. The molecule has 2 aromatic rings. The molecule has 5 heteroatoms. The molecular formula is C14H18BrN3O. The second-order valence-electron chi connectivity index (χ2n) is 4.31. The van der Waals surface area contributed by atoms with Crippen LogP contribution in [0.4, 0.5) is 0 Å². The van der Waals surface area contributed by atoms with Crippen LogP contribution in [0.5, 0.6) is 5.75 Å². The highest BCUT2D eigenvalue weighted by atomic mass is 79.9. The van der Waals surface area contributed by atoms with Crippen molar-refractivity contribution in [1.29, 1.82) is 0 Å². The monoisotopic (exact) mass is 323 g/mol. The number of aromatic nitrogens is 2. The molecule has 0 aliphatic carbocycles. The predicted molar refractivity (Wildman–Crippen MR) is 79.3 cm³/mol. The summed E-state index contributed by atoms with van der Waals surface area (Å²) < 4.78 is 8.91. The lowest BCUT2D eigenvalue weighted by molar-refractivity contribution is 0.312. The van der Waals surface area contributed by atoms with Gasteiger partial charge in [0, 0.05) is 38.0 Å². The number of rotatable bonds is 6. The zero-order valence-electron chi connectivity index (χ0n) is 11.2. The Kier molecular flexibility index (Phi) is 4.99. The Balaban J connectivity index is 2.01. The van der Waals surface area contributed by atoms with Gasteiger partial charge in [0.25, 0.3) is 0 Å². The number of aryl methyl sites for hydroxylation is 1. The molecule has 0 fully saturated rings. The van der Waals surface area contributed by atoms with E-state index >= 15 is 0 Å². The standard InChI is InChI=1S/C14H18BrN3O/c1-16-10-11-4-3-5-12(15)14(11)19-9-6-13-17-7-8-18(13)2/h3-5,7-8,16H,6,9-10H2,1-2H3. The van der Waals surface area contributed by atoms with Gasteiger partial charge in [0.05, 0.1) is 11.1 Å². The summed E-state index contributed by atoms with van der Waals surface area (Å²) in [6.07, 6.45) is 4.55. The van der Waals surface area contributed by atoms with Crippen LogP contribution in [-0.4, -0.2) is 23.2 Å². The second-order valence-corrected chi connectivity index (χ2v) is 5.17. The van der Waals surface area contributed by atoms with E-state index in [1.165, 1.54) is 0 Å². The molecule has 0 radical (unpaired) electrons. The van der Waals surface area contributed by atoms with Crippen molar-refractivity contribution in [3.05, 3.63) is 46.5 Å². The highest BCUT2D eigenvalue weighted by Gasteiger charge is 2.08. The summed E-state index contributed by atoms with van der Waals surface area (Å²) in [7, 11) is 3.92. The van der Waals surface area contributed by atoms with Crippen LogP contribution in [0, 0.1) is 0 Å². The fourth-order valence-electron chi connectivity index (χ4n) is 1.93. The molecule has 0 aliphatic heterocycles. The van der Waals surface area contributed by atoms with E-state index in [1.54, 1.807) is 6.20 Å². The molecule has 1 aromatic carbocycles. The van der Waals surface area contributed by atoms with Crippen molar-refractivity contribution < 1.29 is 4.74 Å². The zero-order valence-corrected chi connectivity index (χ0v) is 12.8. The van der Waals surface area contributed by atoms with Crippen molar-refractivity contribution in [1.82, 2.24) is 14.9 Å². The van der Waals surface area contributed by atoms with Gasteiger partial charge >= 0.3 is 0 Å². The molecule has 0 saturated carbocycles. The van der Waals surface area contributed by atoms with Crippen molar-refractivity contribution in [2.24, 2.45) is 7.05 Å². The van der Waals surface area contributed by atoms with Gasteiger partial charge in [-0.3, -0.25) is 0 Å². The quantitative estimate of drug-likeness (QED) is 0.887. The van der Waals surface area contributed by atoms with Crippen LogP contribution < -0.4 is 10.1 Å². The van der Waals surface area contributed by atoms with Gasteiger partial charge in [-0.1, -0.05) is 12.1 Å². The number of ether oxygens (including phenoxy) is 1. The Morgan fingerprint density at radius 1 is 1.42 bits per heavy atom. The largest absolute Gasteiger partial charge is 0.492 e. The van der Waals surface area contributed by atoms with Crippen LogP contribution in [0.1, 0.15) is 11.4 Å². The molecule has 0 atom stereocenters. The fraction of sp³-hybridized carbons (Fsp3) is 0.357. The van der Waals surface area contributed by atoms with Gasteiger partial charge in [-0.15, -0.1) is 0 Å². The summed E-state index contributed by atoms with van der Waals surface area (Å²) in [6, 6.07) is 6.08. The maximum Gasteiger partial charge on any atom is 0.137 e. The van der Waals surface area contributed by atoms with E-state index in [2.05, 4.69) is 32.3 Å². The van der Waals surface area contributed by atoms with Crippen LogP contribution in [0.3, 0.4) is 0 Å². The number of benzene rings is 1. The molecule has 102 valence electrons. The summed E-state index contributed by atoms with van der Waals surface area (Å²) in [4.78, 5) is 4.29. The number of nitrogens with zero attached hydrogens (tertiary/aromatic N) is 2. The Labute approximate surface area is 121 Å². The molecule has 0 spiro atoms. The van der Waals surface area contributed by atoms with Crippen molar-refractivity contribution in [3.63, 3.8) is 0 Å². The van der Waals surface area contributed by atoms with E-state index in [4.69, 9.17) is 4.74 Å². The molecule has 1 aromatic heterocycles. The van der Waals surface area contributed by atoms with E-state index < -0.39 is 0 Å². The van der Waals surface area contributed by atoms with E-state index in [-0.39, 0.29) is 0 Å². The summed E-state index contributed by atoms with van der Waals surface area (Å²) >= 11 is 3.54. The van der Waals surface area contributed by atoms with Crippen molar-refractivity contribution in [3.8, 4) is 5.75 Å². The maximum atomic E-state index is 5.91. The van der Waals surface area contributed by atoms with E-state index in [1.807, 2.05) is 37.0 Å². The Morgan fingerprint density at radius 3 is 2.95 bits per heavy atom. The average molecular weight is 324 g/mol. The number of hydrogen-bond acceptors (Lipinski definition) is 3. The normalized spacial score (nSPS) is 10.7. The van der Waals surface area contributed by atoms with Gasteiger partial charge < -0.3 is 14.6 Å². The highest BCUT2D eigenvalue weighted by molar-refractivity contribution is 9.10. The van der Waals surface area contributed by atoms with E-state index in [0.29, 0.717) is 6.61 Å².